The fraction of sp³-hybridized carbons (Fsp3) is 0.188. The third-order valence-corrected chi connectivity index (χ3v) is 4.00. The van der Waals surface area contributed by atoms with Crippen molar-refractivity contribution in [2.24, 2.45) is 0 Å². The maximum absolute atomic E-state index is 12.6. The van der Waals surface area contributed by atoms with Gasteiger partial charge in [-0.3, -0.25) is 9.36 Å². The van der Waals surface area contributed by atoms with Gasteiger partial charge in [0.25, 0.3) is 5.56 Å². The van der Waals surface area contributed by atoms with Crippen LogP contribution in [0.4, 0.5) is 0 Å². The molecule has 0 aliphatic carbocycles. The summed E-state index contributed by atoms with van der Waals surface area (Å²) >= 11 is 12.0. The molecule has 0 aliphatic rings. The van der Waals surface area contributed by atoms with Crippen LogP contribution in [0.3, 0.4) is 0 Å². The minimum absolute atomic E-state index is 0.0639. The molecule has 0 aliphatic heterocycles. The smallest absolute Gasteiger partial charge is 0.281 e. The van der Waals surface area contributed by atoms with Crippen molar-refractivity contribution in [2.75, 3.05) is 0 Å². The minimum atomic E-state index is -0.361. The molecule has 0 N–H and O–H groups in total. The van der Waals surface area contributed by atoms with Gasteiger partial charge in [-0.05, 0) is 24.1 Å². The molecule has 0 unspecified atom stereocenters. The molecule has 1 atom stereocenters. The van der Waals surface area contributed by atoms with Crippen molar-refractivity contribution in [3.8, 4) is 0 Å². The van der Waals surface area contributed by atoms with E-state index in [9.17, 15) is 4.79 Å². The third-order valence-electron chi connectivity index (χ3n) is 3.55. The van der Waals surface area contributed by atoms with Gasteiger partial charge in [0.15, 0.2) is 10.8 Å². The lowest BCUT2D eigenvalue weighted by atomic mass is 10.0. The summed E-state index contributed by atoms with van der Waals surface area (Å²) in [7, 11) is 0. The van der Waals surface area contributed by atoms with Crippen LogP contribution in [-0.4, -0.2) is 14.5 Å². The Labute approximate surface area is 137 Å². The molecule has 1 aromatic carbocycles. The van der Waals surface area contributed by atoms with Gasteiger partial charge in [-0.2, -0.15) is 0 Å². The summed E-state index contributed by atoms with van der Waals surface area (Å²) in [4.78, 5) is 20.9. The third kappa shape index (κ3) is 2.60. The first-order valence-corrected chi connectivity index (χ1v) is 7.66. The van der Waals surface area contributed by atoms with E-state index in [0.29, 0.717) is 22.7 Å². The lowest BCUT2D eigenvalue weighted by Crippen LogP contribution is -2.27. The van der Waals surface area contributed by atoms with Crippen molar-refractivity contribution in [1.29, 1.82) is 0 Å². The van der Waals surface area contributed by atoms with E-state index in [1.54, 1.807) is 16.7 Å². The number of rotatable bonds is 3. The summed E-state index contributed by atoms with van der Waals surface area (Å²) < 4.78 is 1.58. The molecular weight excluding hydrogens is 321 g/mol. The van der Waals surface area contributed by atoms with Crippen molar-refractivity contribution >= 4 is 34.4 Å². The van der Waals surface area contributed by atoms with Crippen LogP contribution in [0.2, 0.25) is 10.3 Å². The highest BCUT2D eigenvalue weighted by molar-refractivity contribution is 6.30. The Morgan fingerprint density at radius 2 is 1.82 bits per heavy atom. The monoisotopic (exact) mass is 333 g/mol. The molecule has 0 amide bonds. The van der Waals surface area contributed by atoms with E-state index in [-0.39, 0.29) is 16.8 Å². The zero-order valence-corrected chi connectivity index (χ0v) is 13.3. The van der Waals surface area contributed by atoms with Crippen LogP contribution in [0.1, 0.15) is 24.9 Å². The number of aromatic nitrogens is 3. The molecule has 112 valence electrons. The number of benzene rings is 1. The molecule has 2 heterocycles. The number of pyridine rings is 1. The molecule has 3 aromatic rings. The van der Waals surface area contributed by atoms with E-state index in [1.807, 2.05) is 37.3 Å². The zero-order chi connectivity index (χ0) is 15.7. The Balaban J connectivity index is 2.35. The first-order chi connectivity index (χ1) is 10.6. The SMILES string of the molecule is CC[C@H](c1ccccc1)n1c(=O)c(Cl)nc2ccc(Cl)nc21. The number of nitrogens with zero attached hydrogens (tertiary/aromatic N) is 3. The molecule has 0 radical (unpaired) electrons. The van der Waals surface area contributed by atoms with E-state index in [2.05, 4.69) is 9.97 Å². The first-order valence-electron chi connectivity index (χ1n) is 6.91. The van der Waals surface area contributed by atoms with Gasteiger partial charge in [0, 0.05) is 0 Å². The van der Waals surface area contributed by atoms with Crippen molar-refractivity contribution in [3.05, 3.63) is 68.7 Å². The lowest BCUT2D eigenvalue weighted by Gasteiger charge is -2.20. The second-order valence-corrected chi connectivity index (χ2v) is 5.63. The minimum Gasteiger partial charge on any atom is -0.281 e. The van der Waals surface area contributed by atoms with Crippen LogP contribution in [-0.2, 0) is 0 Å². The quantitative estimate of drug-likeness (QED) is 0.678. The van der Waals surface area contributed by atoms with Gasteiger partial charge in [-0.1, -0.05) is 60.5 Å². The second kappa shape index (κ2) is 6.07. The molecule has 0 saturated heterocycles. The topological polar surface area (TPSA) is 47.8 Å². The molecule has 22 heavy (non-hydrogen) atoms. The average Bonchev–Trinajstić information content (AvgIpc) is 2.53. The summed E-state index contributed by atoms with van der Waals surface area (Å²) in [5, 5.41) is 0.249. The van der Waals surface area contributed by atoms with Crippen LogP contribution in [0.15, 0.2) is 47.3 Å². The molecule has 0 saturated carbocycles. The maximum Gasteiger partial charge on any atom is 0.290 e. The Morgan fingerprint density at radius 1 is 1.09 bits per heavy atom. The van der Waals surface area contributed by atoms with Crippen LogP contribution < -0.4 is 5.56 Å². The summed E-state index contributed by atoms with van der Waals surface area (Å²) in [6.07, 6.45) is 0.716. The van der Waals surface area contributed by atoms with Crippen molar-refractivity contribution in [1.82, 2.24) is 14.5 Å². The number of hydrogen-bond donors (Lipinski definition) is 0. The number of halogens is 2. The fourth-order valence-corrected chi connectivity index (χ4v) is 2.89. The first kappa shape index (κ1) is 15.0. The van der Waals surface area contributed by atoms with Gasteiger partial charge in [-0.15, -0.1) is 0 Å². The maximum atomic E-state index is 12.6. The highest BCUT2D eigenvalue weighted by Gasteiger charge is 2.19. The van der Waals surface area contributed by atoms with Gasteiger partial charge in [0.2, 0.25) is 0 Å². The standard InChI is InChI=1S/C16H13Cl2N3O/c1-2-12(10-6-4-3-5-7-10)21-15-11(8-9-13(17)20-15)19-14(18)16(21)22/h3-9,12H,2H2,1H3/t12-/m1/s1. The summed E-state index contributed by atoms with van der Waals surface area (Å²) in [6, 6.07) is 12.9. The molecule has 0 spiro atoms. The molecular formula is C16H13Cl2N3O. The second-order valence-electron chi connectivity index (χ2n) is 4.89. The molecule has 6 heteroatoms. The lowest BCUT2D eigenvalue weighted by molar-refractivity contribution is 0.561. The molecule has 4 nitrogen and oxygen atoms in total. The van der Waals surface area contributed by atoms with Crippen LogP contribution in [0.5, 0.6) is 0 Å². The number of hydrogen-bond acceptors (Lipinski definition) is 3. The van der Waals surface area contributed by atoms with Gasteiger partial charge < -0.3 is 0 Å². The Morgan fingerprint density at radius 3 is 2.50 bits per heavy atom. The Bertz CT molecular complexity index is 878. The molecule has 0 bridgehead atoms. The molecule has 0 fully saturated rings. The van der Waals surface area contributed by atoms with E-state index >= 15 is 0 Å². The average molecular weight is 334 g/mol. The predicted molar refractivity (Wildman–Crippen MR) is 88.7 cm³/mol. The molecule has 3 rings (SSSR count). The van der Waals surface area contributed by atoms with Gasteiger partial charge in [0.1, 0.15) is 10.7 Å². The molecule has 2 aromatic heterocycles. The van der Waals surface area contributed by atoms with Gasteiger partial charge in [-0.25, -0.2) is 9.97 Å². The van der Waals surface area contributed by atoms with Crippen molar-refractivity contribution in [2.45, 2.75) is 19.4 Å². The van der Waals surface area contributed by atoms with Crippen LogP contribution in [0, 0.1) is 0 Å². The van der Waals surface area contributed by atoms with E-state index in [4.69, 9.17) is 23.2 Å². The van der Waals surface area contributed by atoms with E-state index < -0.39 is 0 Å². The highest BCUT2D eigenvalue weighted by atomic mass is 35.5. The van der Waals surface area contributed by atoms with E-state index in [1.165, 1.54) is 0 Å². The van der Waals surface area contributed by atoms with Crippen molar-refractivity contribution < 1.29 is 0 Å². The Kier molecular flexibility index (Phi) is 4.14. The highest BCUT2D eigenvalue weighted by Crippen LogP contribution is 2.24. The summed E-state index contributed by atoms with van der Waals surface area (Å²) in [5.74, 6) is 0. The Hall–Kier alpha value is -1.91. The van der Waals surface area contributed by atoms with Crippen LogP contribution >= 0.6 is 23.2 Å². The fourth-order valence-electron chi connectivity index (χ4n) is 2.56. The number of fused-ring (bicyclic) bond motifs is 1. The van der Waals surface area contributed by atoms with Gasteiger partial charge >= 0.3 is 0 Å². The van der Waals surface area contributed by atoms with E-state index in [0.717, 1.165) is 5.56 Å². The predicted octanol–water partition coefficient (Wildman–Crippen LogP) is 4.10. The zero-order valence-electron chi connectivity index (χ0n) is 11.8. The van der Waals surface area contributed by atoms with Crippen LogP contribution in [0.25, 0.3) is 11.2 Å². The summed E-state index contributed by atoms with van der Waals surface area (Å²) in [5.41, 5.74) is 1.64. The van der Waals surface area contributed by atoms with Gasteiger partial charge in [0.05, 0.1) is 6.04 Å². The summed E-state index contributed by atoms with van der Waals surface area (Å²) in [6.45, 7) is 2.01. The normalized spacial score (nSPS) is 12.5. The largest absolute Gasteiger partial charge is 0.290 e. The van der Waals surface area contributed by atoms with Crippen molar-refractivity contribution in [3.63, 3.8) is 0 Å².